The maximum Gasteiger partial charge on any atom is 0.315 e. The van der Waals surface area contributed by atoms with Gasteiger partial charge in [0.25, 0.3) is 5.91 Å². The Labute approximate surface area is 334 Å². The van der Waals surface area contributed by atoms with Crippen LogP contribution in [0.1, 0.15) is 144 Å². The summed E-state index contributed by atoms with van der Waals surface area (Å²) in [7, 11) is 0. The molecule has 6 saturated carbocycles. The Kier molecular flexibility index (Phi) is 12.9. The van der Waals surface area contributed by atoms with E-state index < -0.39 is 47.3 Å². The van der Waals surface area contributed by atoms with Crippen molar-refractivity contribution in [1.82, 2.24) is 26.2 Å². The second-order valence-electron chi connectivity index (χ2n) is 19.1. The summed E-state index contributed by atoms with van der Waals surface area (Å²) in [6.45, 7) is 14.2. The highest BCUT2D eigenvalue weighted by Gasteiger charge is 2.70. The molecule has 0 aromatic carbocycles. The molecule has 4 bridgehead atoms. The summed E-state index contributed by atoms with van der Waals surface area (Å²) in [4.78, 5) is 84.0. The second-order valence-corrected chi connectivity index (χ2v) is 19.1. The minimum absolute atomic E-state index is 0.0303. The van der Waals surface area contributed by atoms with Gasteiger partial charge in [0.05, 0.1) is 12.5 Å². The predicted octanol–water partition coefficient (Wildman–Crippen LogP) is 5.72. The number of allylic oxidation sites excluding steroid dienone is 1. The summed E-state index contributed by atoms with van der Waals surface area (Å²) < 4.78 is 5.73. The summed E-state index contributed by atoms with van der Waals surface area (Å²) in [5, 5.41) is 12.0. The molecule has 56 heavy (non-hydrogen) atoms. The van der Waals surface area contributed by atoms with Crippen molar-refractivity contribution in [2.24, 2.45) is 40.9 Å². The first-order valence-corrected chi connectivity index (χ1v) is 22.0. The minimum atomic E-state index is -1.14. The zero-order chi connectivity index (χ0) is 40.4. The molecule has 4 N–H and O–H groups in total. The SMILES string of the molecule is C=CCC[C@H](NC(=O)[C@@H]1[C@@H]2[C@H](CN1C(=O)[C@@H](NC(=O)NC13CC4CC(CC(C4)C1)C3)C1CCCCC1)C2(C)C)C(=O)C(=O)NCCC(=O)OC(CC)(CC)CC. The molecule has 0 aromatic rings. The molecule has 0 spiro atoms. The molecule has 0 unspecified atom stereocenters. The summed E-state index contributed by atoms with van der Waals surface area (Å²) in [5.41, 5.74) is -0.928. The lowest BCUT2D eigenvalue weighted by atomic mass is 9.53. The third-order valence-corrected chi connectivity index (χ3v) is 15.2. The van der Waals surface area contributed by atoms with Crippen molar-refractivity contribution >= 4 is 35.5 Å². The summed E-state index contributed by atoms with van der Waals surface area (Å²) >= 11 is 0. The smallest absolute Gasteiger partial charge is 0.315 e. The third kappa shape index (κ3) is 8.83. The predicted molar refractivity (Wildman–Crippen MR) is 213 cm³/mol. The quantitative estimate of drug-likeness (QED) is 0.0786. The van der Waals surface area contributed by atoms with Crippen molar-refractivity contribution in [3.05, 3.63) is 12.7 Å². The number of amides is 5. The molecule has 1 saturated heterocycles. The maximum atomic E-state index is 14.8. The van der Waals surface area contributed by atoms with Crippen molar-refractivity contribution < 1.29 is 33.5 Å². The average molecular weight is 780 g/mol. The van der Waals surface area contributed by atoms with E-state index in [-0.39, 0.29) is 60.0 Å². The molecule has 1 aliphatic heterocycles. The fourth-order valence-electron chi connectivity index (χ4n) is 12.1. The van der Waals surface area contributed by atoms with Crippen LogP contribution in [0.15, 0.2) is 12.7 Å². The topological polar surface area (TPSA) is 163 Å². The number of nitrogens with one attached hydrogen (secondary N) is 4. The molecule has 0 radical (unpaired) electrons. The van der Waals surface area contributed by atoms with Crippen LogP contribution >= 0.6 is 0 Å². The standard InChI is InChI=1S/C44H69N5O7/c1-7-11-17-32(37(51)39(53)45-19-18-33(50)56-44(8-2,9-3)10-4)46-38(52)36-34-31(42(34,5)6)26-49(36)40(54)35(30-15-13-12-14-16-30)47-41(55)48-43-23-27-20-28(24-43)22-29(21-27)25-43/h7,27-32,34-36H,1,8-26H2,2-6H3,(H,45,53)(H,46,52)(H2,47,48,55)/t27?,28?,29?,31-,32-,34-,35-,36-,43?/m0/s1. The number of nitrogens with zero attached hydrogens (tertiary/aromatic N) is 1. The van der Waals surface area contributed by atoms with Gasteiger partial charge in [-0.15, -0.1) is 6.58 Å². The number of likely N-dealkylation sites (tertiary alicyclic amines) is 1. The number of carbonyl (C=O) groups excluding carboxylic acids is 6. The molecule has 7 aliphatic rings. The number of rotatable bonds is 18. The van der Waals surface area contributed by atoms with Crippen molar-refractivity contribution in [2.45, 2.75) is 173 Å². The Balaban J connectivity index is 1.12. The number of fused-ring (bicyclic) bond motifs is 1. The Morgan fingerprint density at radius 1 is 0.893 bits per heavy atom. The van der Waals surface area contributed by atoms with Crippen LogP contribution in [0, 0.1) is 40.9 Å². The summed E-state index contributed by atoms with van der Waals surface area (Å²) in [6, 6.07) is -3.02. The number of carbonyl (C=O) groups is 6. The van der Waals surface area contributed by atoms with Gasteiger partial charge in [0.15, 0.2) is 0 Å². The molecular weight excluding hydrogens is 711 g/mol. The molecule has 1 heterocycles. The van der Waals surface area contributed by atoms with Crippen LogP contribution in [0.2, 0.25) is 0 Å². The number of piperidine rings is 1. The first-order valence-electron chi connectivity index (χ1n) is 22.0. The molecule has 5 amide bonds. The highest BCUT2D eigenvalue weighted by molar-refractivity contribution is 6.38. The Morgan fingerprint density at radius 2 is 1.50 bits per heavy atom. The van der Waals surface area contributed by atoms with Gasteiger partial charge in [-0.1, -0.05) is 60.0 Å². The van der Waals surface area contributed by atoms with Gasteiger partial charge in [-0.25, -0.2) is 4.79 Å². The Bertz CT molecular complexity index is 1470. The van der Waals surface area contributed by atoms with E-state index >= 15 is 0 Å². The normalized spacial score (nSPS) is 31.1. The van der Waals surface area contributed by atoms with Gasteiger partial charge in [-0.2, -0.15) is 0 Å². The van der Waals surface area contributed by atoms with Gasteiger partial charge in [0, 0.05) is 18.6 Å². The molecule has 312 valence electrons. The fourth-order valence-corrected chi connectivity index (χ4v) is 12.1. The molecule has 7 rings (SSSR count). The molecule has 6 aliphatic carbocycles. The van der Waals surface area contributed by atoms with Crippen molar-refractivity contribution in [1.29, 1.82) is 0 Å². The van der Waals surface area contributed by atoms with Crippen molar-refractivity contribution in [3.63, 3.8) is 0 Å². The van der Waals surface area contributed by atoms with E-state index in [2.05, 4.69) is 41.7 Å². The van der Waals surface area contributed by atoms with Crippen LogP contribution in [0.4, 0.5) is 4.79 Å². The number of ether oxygens (including phenoxy) is 1. The fraction of sp³-hybridized carbons (Fsp3) is 0.818. The maximum absolute atomic E-state index is 14.8. The summed E-state index contributed by atoms with van der Waals surface area (Å²) in [6.07, 6.45) is 15.7. The van der Waals surface area contributed by atoms with Crippen LogP contribution in [-0.2, 0) is 28.7 Å². The van der Waals surface area contributed by atoms with Gasteiger partial charge < -0.3 is 30.9 Å². The van der Waals surface area contributed by atoms with Crippen molar-refractivity contribution in [3.8, 4) is 0 Å². The lowest BCUT2D eigenvalue weighted by Crippen LogP contribution is -2.64. The molecular formula is C44H69N5O7. The molecule has 12 nitrogen and oxygen atoms in total. The van der Waals surface area contributed by atoms with Gasteiger partial charge in [-0.05, 0) is 124 Å². The van der Waals surface area contributed by atoms with Crippen LogP contribution < -0.4 is 21.3 Å². The number of hydrogen-bond donors (Lipinski definition) is 4. The van der Waals surface area contributed by atoms with E-state index in [4.69, 9.17) is 4.74 Å². The van der Waals surface area contributed by atoms with Crippen LogP contribution in [0.3, 0.4) is 0 Å². The van der Waals surface area contributed by atoms with Gasteiger partial charge >= 0.3 is 12.0 Å². The highest BCUT2D eigenvalue weighted by Crippen LogP contribution is 2.65. The van der Waals surface area contributed by atoms with E-state index in [0.29, 0.717) is 50.0 Å². The number of urea groups is 1. The van der Waals surface area contributed by atoms with Crippen LogP contribution in [0.5, 0.6) is 0 Å². The molecule has 7 fully saturated rings. The molecule has 12 heteroatoms. The van der Waals surface area contributed by atoms with Crippen molar-refractivity contribution in [2.75, 3.05) is 13.1 Å². The van der Waals surface area contributed by atoms with Crippen LogP contribution in [0.25, 0.3) is 0 Å². The van der Waals surface area contributed by atoms with Gasteiger partial charge in [-0.3, -0.25) is 24.0 Å². The van der Waals surface area contributed by atoms with Gasteiger partial charge in [0.1, 0.15) is 17.7 Å². The van der Waals surface area contributed by atoms with Gasteiger partial charge in [0.2, 0.25) is 17.6 Å². The summed E-state index contributed by atoms with van der Waals surface area (Å²) in [5.74, 6) is -0.898. The Hall–Kier alpha value is -3.44. The van der Waals surface area contributed by atoms with E-state index in [0.717, 1.165) is 51.4 Å². The number of esters is 1. The molecule has 0 aromatic heterocycles. The zero-order valence-corrected chi connectivity index (χ0v) is 34.7. The Morgan fingerprint density at radius 3 is 2.07 bits per heavy atom. The first kappa shape index (κ1) is 42.2. The van der Waals surface area contributed by atoms with E-state index in [9.17, 15) is 28.8 Å². The second kappa shape index (κ2) is 17.2. The minimum Gasteiger partial charge on any atom is -0.459 e. The number of Topliss-reactive ketones (excluding diaryl/α,β-unsaturated/α-hetero) is 1. The lowest BCUT2D eigenvalue weighted by Gasteiger charge is -2.56. The zero-order valence-electron chi connectivity index (χ0n) is 34.7. The molecule has 5 atom stereocenters. The largest absolute Gasteiger partial charge is 0.459 e. The number of hydrogen-bond acceptors (Lipinski definition) is 7. The third-order valence-electron chi connectivity index (χ3n) is 15.2. The van der Waals surface area contributed by atoms with E-state index in [1.807, 2.05) is 20.8 Å². The monoisotopic (exact) mass is 780 g/mol. The van der Waals surface area contributed by atoms with E-state index in [1.54, 1.807) is 11.0 Å². The average Bonchev–Trinajstić information content (AvgIpc) is 3.46. The van der Waals surface area contributed by atoms with Crippen LogP contribution in [-0.4, -0.2) is 82.8 Å². The number of ketones is 1. The highest BCUT2D eigenvalue weighted by atomic mass is 16.6. The first-order chi connectivity index (χ1) is 26.7. The lowest BCUT2D eigenvalue weighted by molar-refractivity contribution is -0.161. The van der Waals surface area contributed by atoms with E-state index in [1.165, 1.54) is 19.3 Å².